The molecule has 0 aliphatic rings. The van der Waals surface area contributed by atoms with E-state index in [0.29, 0.717) is 17.7 Å². The van der Waals surface area contributed by atoms with Crippen molar-refractivity contribution in [1.29, 1.82) is 0 Å². The molecule has 3 aromatic rings. The van der Waals surface area contributed by atoms with E-state index in [1.807, 2.05) is 18.2 Å². The lowest BCUT2D eigenvalue weighted by molar-refractivity contribution is -0.158. The number of rotatable bonds is 14. The summed E-state index contributed by atoms with van der Waals surface area (Å²) >= 11 is 0. The Morgan fingerprint density at radius 2 is 1.41 bits per heavy atom. The molecular formula is C31H34N2O8. The number of methoxy groups -OCH3 is 1. The van der Waals surface area contributed by atoms with Crippen molar-refractivity contribution in [3.05, 3.63) is 102 Å². The number of esters is 2. The van der Waals surface area contributed by atoms with E-state index in [-0.39, 0.29) is 6.61 Å². The van der Waals surface area contributed by atoms with Crippen LogP contribution in [0.5, 0.6) is 5.75 Å². The zero-order valence-electron chi connectivity index (χ0n) is 23.2. The van der Waals surface area contributed by atoms with Crippen LogP contribution in [-0.4, -0.2) is 62.8 Å². The van der Waals surface area contributed by atoms with E-state index in [2.05, 4.69) is 10.6 Å². The highest BCUT2D eigenvalue weighted by Crippen LogP contribution is 2.14. The van der Waals surface area contributed by atoms with Crippen molar-refractivity contribution in [2.24, 2.45) is 0 Å². The molecule has 3 rings (SSSR count). The van der Waals surface area contributed by atoms with Gasteiger partial charge in [0.2, 0.25) is 0 Å². The molecule has 0 heterocycles. The van der Waals surface area contributed by atoms with Crippen LogP contribution in [0, 0.1) is 0 Å². The van der Waals surface area contributed by atoms with Gasteiger partial charge < -0.3 is 29.6 Å². The van der Waals surface area contributed by atoms with Gasteiger partial charge in [-0.25, -0.2) is 9.59 Å². The van der Waals surface area contributed by atoms with Crippen LogP contribution in [0.3, 0.4) is 0 Å². The lowest BCUT2D eigenvalue weighted by atomic mass is 10.1. The molecule has 2 N–H and O–H groups in total. The summed E-state index contributed by atoms with van der Waals surface area (Å²) in [6.45, 7) is 0.844. The smallest absolute Gasteiger partial charge is 0.408 e. The van der Waals surface area contributed by atoms with Crippen LogP contribution in [-0.2, 0) is 36.8 Å². The molecule has 0 fully saturated rings. The number of ketones is 1. The van der Waals surface area contributed by atoms with Crippen molar-refractivity contribution < 1.29 is 38.1 Å². The van der Waals surface area contributed by atoms with Gasteiger partial charge in [0.25, 0.3) is 0 Å². The molecule has 0 aliphatic heterocycles. The Hall–Kier alpha value is -4.70. The lowest BCUT2D eigenvalue weighted by Crippen LogP contribution is -2.51. The first-order valence-electron chi connectivity index (χ1n) is 13.0. The zero-order chi connectivity index (χ0) is 29.6. The van der Waals surface area contributed by atoms with Gasteiger partial charge in [-0.3, -0.25) is 9.59 Å². The fraction of sp³-hybridized carbons (Fsp3) is 0.290. The Morgan fingerprint density at radius 3 is 2.02 bits per heavy atom. The van der Waals surface area contributed by atoms with Crippen molar-refractivity contribution in [2.75, 3.05) is 20.8 Å². The summed E-state index contributed by atoms with van der Waals surface area (Å²) in [6, 6.07) is 22.3. The number of carbonyl (C=O) groups is 4. The normalized spacial score (nSPS) is 12.8. The Kier molecular flexibility index (Phi) is 11.9. The molecule has 0 saturated heterocycles. The number of amides is 1. The molecule has 0 aromatic heterocycles. The average molecular weight is 563 g/mol. The molecule has 10 nitrogen and oxygen atoms in total. The van der Waals surface area contributed by atoms with E-state index < -0.39 is 48.6 Å². The summed E-state index contributed by atoms with van der Waals surface area (Å²) < 4.78 is 21.2. The number of Topliss-reactive ketones (excluding diaryl/α,β-unsaturated/α-hetero) is 1. The van der Waals surface area contributed by atoms with Crippen molar-refractivity contribution in [3.63, 3.8) is 0 Å². The van der Waals surface area contributed by atoms with Crippen LogP contribution >= 0.6 is 0 Å². The van der Waals surface area contributed by atoms with Crippen molar-refractivity contribution in [2.45, 2.75) is 38.1 Å². The summed E-state index contributed by atoms with van der Waals surface area (Å²) in [6.07, 6.45) is -1.77. The minimum absolute atomic E-state index is 0.0429. The number of carbonyl (C=O) groups excluding carboxylic acids is 4. The summed E-state index contributed by atoms with van der Waals surface area (Å²) in [7, 11) is 3.18. The minimum atomic E-state index is -1.44. The van der Waals surface area contributed by atoms with Crippen LogP contribution in [0.15, 0.2) is 84.9 Å². The van der Waals surface area contributed by atoms with Gasteiger partial charge in [0.05, 0.1) is 7.11 Å². The first-order valence-corrected chi connectivity index (χ1v) is 13.0. The summed E-state index contributed by atoms with van der Waals surface area (Å²) in [5.41, 5.74) is 1.96. The number of benzene rings is 3. The van der Waals surface area contributed by atoms with Crippen molar-refractivity contribution in [3.8, 4) is 5.75 Å². The van der Waals surface area contributed by atoms with Crippen LogP contribution in [0.25, 0.3) is 0 Å². The van der Waals surface area contributed by atoms with Gasteiger partial charge in [0, 0.05) is 5.56 Å². The summed E-state index contributed by atoms with van der Waals surface area (Å²) in [5, 5.41) is 5.33. The van der Waals surface area contributed by atoms with Crippen molar-refractivity contribution >= 4 is 23.8 Å². The van der Waals surface area contributed by atoms with Crippen molar-refractivity contribution in [1.82, 2.24) is 10.6 Å². The van der Waals surface area contributed by atoms with Crippen LogP contribution < -0.4 is 15.4 Å². The van der Waals surface area contributed by atoms with Crippen LogP contribution in [0.4, 0.5) is 4.79 Å². The highest BCUT2D eigenvalue weighted by molar-refractivity contribution is 5.98. The van der Waals surface area contributed by atoms with Gasteiger partial charge in [0.15, 0.2) is 18.4 Å². The SMILES string of the molecule is CN[C@@H](Cc1ccc(OC)cc1)C(=O)OC(C)[C@H](NC(=O)OCc1ccccc1)C(=O)OCC(=O)c1ccccc1. The third kappa shape index (κ3) is 9.77. The Morgan fingerprint density at radius 1 is 0.780 bits per heavy atom. The molecule has 3 atom stereocenters. The first-order chi connectivity index (χ1) is 19.8. The molecule has 1 unspecified atom stereocenters. The molecule has 1 amide bonds. The predicted molar refractivity (Wildman–Crippen MR) is 150 cm³/mol. The fourth-order valence-electron chi connectivity index (χ4n) is 3.83. The van der Waals surface area contributed by atoms with E-state index in [4.69, 9.17) is 18.9 Å². The molecule has 3 aromatic carbocycles. The Balaban J connectivity index is 1.66. The predicted octanol–water partition coefficient (Wildman–Crippen LogP) is 3.48. The average Bonchev–Trinajstić information content (AvgIpc) is 3.01. The summed E-state index contributed by atoms with van der Waals surface area (Å²) in [5.74, 6) is -1.34. The first kappa shape index (κ1) is 30.8. The quantitative estimate of drug-likeness (QED) is 0.172. The van der Waals surface area contributed by atoms with E-state index in [0.717, 1.165) is 11.1 Å². The molecule has 0 bridgehead atoms. The standard InChI is InChI=1S/C31H34N2O8/c1-21(41-29(35)26(32-2)18-22-14-16-25(38-3)17-15-22)28(33-31(37)40-19-23-10-6-4-7-11-23)30(36)39-20-27(34)24-12-8-5-9-13-24/h4-17,21,26,28,32H,18-20H2,1-3H3,(H,33,37)/t21?,26-,28-/m0/s1. The lowest BCUT2D eigenvalue weighted by Gasteiger charge is -2.25. The van der Waals surface area contributed by atoms with Gasteiger partial charge >= 0.3 is 18.0 Å². The largest absolute Gasteiger partial charge is 0.497 e. The minimum Gasteiger partial charge on any atom is -0.497 e. The monoisotopic (exact) mass is 562 g/mol. The second-order valence-corrected chi connectivity index (χ2v) is 9.12. The van der Waals surface area contributed by atoms with E-state index in [9.17, 15) is 19.2 Å². The number of hydrogen-bond acceptors (Lipinski definition) is 9. The molecule has 41 heavy (non-hydrogen) atoms. The second-order valence-electron chi connectivity index (χ2n) is 9.12. The zero-order valence-corrected chi connectivity index (χ0v) is 23.2. The highest BCUT2D eigenvalue weighted by Gasteiger charge is 2.34. The van der Waals surface area contributed by atoms with E-state index >= 15 is 0 Å². The molecule has 0 aliphatic carbocycles. The second kappa shape index (κ2) is 15.8. The molecule has 10 heteroatoms. The van der Waals surface area contributed by atoms with Crippen LogP contribution in [0.2, 0.25) is 0 Å². The third-order valence-corrected chi connectivity index (χ3v) is 6.18. The number of likely N-dealkylation sites (N-methyl/N-ethyl adjacent to an activating group) is 1. The van der Waals surface area contributed by atoms with Gasteiger partial charge in [-0.15, -0.1) is 0 Å². The molecular weight excluding hydrogens is 528 g/mol. The van der Waals surface area contributed by atoms with Gasteiger partial charge in [-0.2, -0.15) is 0 Å². The highest BCUT2D eigenvalue weighted by atomic mass is 16.6. The maximum absolute atomic E-state index is 13.0. The molecule has 216 valence electrons. The van der Waals surface area contributed by atoms with Gasteiger partial charge in [-0.1, -0.05) is 72.8 Å². The number of hydrogen-bond donors (Lipinski definition) is 2. The summed E-state index contributed by atoms with van der Waals surface area (Å²) in [4.78, 5) is 51.1. The Labute approximate surface area is 238 Å². The maximum Gasteiger partial charge on any atom is 0.408 e. The number of ether oxygens (including phenoxy) is 4. The van der Waals surface area contributed by atoms with E-state index in [1.165, 1.54) is 6.92 Å². The van der Waals surface area contributed by atoms with E-state index in [1.54, 1.807) is 80.9 Å². The topological polar surface area (TPSA) is 129 Å². The van der Waals surface area contributed by atoms with Crippen LogP contribution in [0.1, 0.15) is 28.4 Å². The molecule has 0 spiro atoms. The Bertz CT molecular complexity index is 1280. The number of nitrogens with one attached hydrogen (secondary N) is 2. The molecule has 0 radical (unpaired) electrons. The maximum atomic E-state index is 13.0. The molecule has 0 saturated carbocycles. The van der Waals surface area contributed by atoms with Gasteiger partial charge in [-0.05, 0) is 43.7 Å². The van der Waals surface area contributed by atoms with Gasteiger partial charge in [0.1, 0.15) is 24.5 Å². The third-order valence-electron chi connectivity index (χ3n) is 6.18. The fourth-order valence-corrected chi connectivity index (χ4v) is 3.83. The number of alkyl carbamates (subject to hydrolysis) is 1.